The molecule has 0 unspecified atom stereocenters. The van der Waals surface area contributed by atoms with Gasteiger partial charge in [-0.3, -0.25) is 4.79 Å². The molecule has 0 radical (unpaired) electrons. The Morgan fingerprint density at radius 2 is 2.04 bits per heavy atom. The lowest BCUT2D eigenvalue weighted by Gasteiger charge is -2.18. The highest BCUT2D eigenvalue weighted by Gasteiger charge is 2.19. The number of hydrogen-bond acceptors (Lipinski definition) is 4. The molecule has 1 aliphatic carbocycles. The van der Waals surface area contributed by atoms with Crippen LogP contribution in [0, 0.1) is 0 Å². The number of hydrogen-bond donors (Lipinski definition) is 1. The fraction of sp³-hybridized carbons (Fsp3) is 0.333. The van der Waals surface area contributed by atoms with E-state index in [2.05, 4.69) is 28.6 Å². The van der Waals surface area contributed by atoms with Gasteiger partial charge in [-0.2, -0.15) is 4.37 Å². The molecule has 0 atom stereocenters. The number of carboxylic acid groups (broad SMARTS) is 1. The van der Waals surface area contributed by atoms with Crippen LogP contribution in [0.25, 0.3) is 21.2 Å². The number of nitrogens with zero attached hydrogens (tertiary/aromatic N) is 1. The molecule has 26 heavy (non-hydrogen) atoms. The van der Waals surface area contributed by atoms with Gasteiger partial charge in [0.25, 0.3) is 0 Å². The predicted octanol–water partition coefficient (Wildman–Crippen LogP) is 5.30. The van der Waals surface area contributed by atoms with Crippen LogP contribution < -0.4 is 4.74 Å². The summed E-state index contributed by atoms with van der Waals surface area (Å²) < 4.78 is 11.7. The zero-order valence-corrected chi connectivity index (χ0v) is 15.3. The molecule has 0 spiro atoms. The molecular formula is C21H21NO3S. The summed E-state index contributed by atoms with van der Waals surface area (Å²) in [6.07, 6.45) is 7.48. The number of ether oxygens (including phenoxy) is 1. The maximum Gasteiger partial charge on any atom is 0.303 e. The van der Waals surface area contributed by atoms with Crippen molar-refractivity contribution in [1.29, 1.82) is 0 Å². The van der Waals surface area contributed by atoms with Crippen LogP contribution in [-0.2, 0) is 11.2 Å². The van der Waals surface area contributed by atoms with Gasteiger partial charge >= 0.3 is 5.97 Å². The van der Waals surface area contributed by atoms with Crippen molar-refractivity contribution in [3.05, 3.63) is 48.2 Å². The average Bonchev–Trinajstić information content (AvgIpc) is 3.31. The zero-order chi connectivity index (χ0) is 17.9. The summed E-state index contributed by atoms with van der Waals surface area (Å²) >= 11 is 1.49. The summed E-state index contributed by atoms with van der Waals surface area (Å²) in [4.78, 5) is 10.9. The number of aromatic nitrogens is 1. The summed E-state index contributed by atoms with van der Waals surface area (Å²) in [5, 5.41) is 10.1. The van der Waals surface area contributed by atoms with Crippen LogP contribution in [0.5, 0.6) is 5.75 Å². The maximum absolute atomic E-state index is 10.9. The van der Waals surface area contributed by atoms with Gasteiger partial charge in [0.2, 0.25) is 0 Å². The van der Waals surface area contributed by atoms with E-state index in [1.54, 1.807) is 0 Å². The molecule has 0 aliphatic heterocycles. The Morgan fingerprint density at radius 1 is 1.19 bits per heavy atom. The molecule has 1 fully saturated rings. The Hall–Kier alpha value is -2.40. The highest BCUT2D eigenvalue weighted by molar-refractivity contribution is 7.13. The van der Waals surface area contributed by atoms with Crippen LogP contribution in [0.3, 0.4) is 0 Å². The van der Waals surface area contributed by atoms with E-state index >= 15 is 0 Å². The molecule has 0 saturated heterocycles. The number of carbonyl (C=O) groups is 1. The minimum Gasteiger partial charge on any atom is -0.490 e. The second kappa shape index (κ2) is 7.46. The second-order valence-electron chi connectivity index (χ2n) is 6.83. The van der Waals surface area contributed by atoms with E-state index in [0.717, 1.165) is 45.4 Å². The molecule has 1 aromatic heterocycles. The largest absolute Gasteiger partial charge is 0.490 e. The minimum atomic E-state index is -0.774. The van der Waals surface area contributed by atoms with Gasteiger partial charge in [-0.15, -0.1) is 0 Å². The molecule has 1 saturated carbocycles. The highest BCUT2D eigenvalue weighted by atomic mass is 32.1. The average molecular weight is 367 g/mol. The molecular weight excluding hydrogens is 346 g/mol. The first-order chi connectivity index (χ1) is 12.7. The fourth-order valence-electron chi connectivity index (χ4n) is 3.54. The van der Waals surface area contributed by atoms with Crippen molar-refractivity contribution < 1.29 is 14.6 Å². The number of carboxylic acids is 1. The fourth-order valence-corrected chi connectivity index (χ4v) is 4.16. The quantitative estimate of drug-likeness (QED) is 0.642. The van der Waals surface area contributed by atoms with Gasteiger partial charge in [0.05, 0.1) is 10.8 Å². The topological polar surface area (TPSA) is 59.4 Å². The Kier molecular flexibility index (Phi) is 4.89. The van der Waals surface area contributed by atoms with E-state index < -0.39 is 5.97 Å². The number of aryl methyl sites for hydroxylation is 1. The summed E-state index contributed by atoms with van der Waals surface area (Å²) in [5.74, 6) is 0.113. The number of aliphatic carboxylic acids is 1. The van der Waals surface area contributed by atoms with E-state index in [9.17, 15) is 4.79 Å². The van der Waals surface area contributed by atoms with Gasteiger partial charge in [-0.05, 0) is 79.0 Å². The van der Waals surface area contributed by atoms with E-state index in [-0.39, 0.29) is 12.5 Å². The third-order valence-electron chi connectivity index (χ3n) is 4.93. The van der Waals surface area contributed by atoms with Crippen molar-refractivity contribution in [3.63, 3.8) is 0 Å². The van der Waals surface area contributed by atoms with Gasteiger partial charge < -0.3 is 9.84 Å². The summed E-state index contributed by atoms with van der Waals surface area (Å²) in [6.45, 7) is 0. The third kappa shape index (κ3) is 3.73. The summed E-state index contributed by atoms with van der Waals surface area (Å²) in [7, 11) is 0. The molecule has 5 heteroatoms. The maximum atomic E-state index is 10.9. The minimum absolute atomic E-state index is 0.135. The van der Waals surface area contributed by atoms with Crippen molar-refractivity contribution in [2.45, 2.75) is 44.6 Å². The molecule has 4 rings (SSSR count). The monoisotopic (exact) mass is 367 g/mol. The van der Waals surface area contributed by atoms with Crippen LogP contribution in [0.2, 0.25) is 0 Å². The predicted molar refractivity (Wildman–Crippen MR) is 104 cm³/mol. The van der Waals surface area contributed by atoms with E-state index in [1.165, 1.54) is 24.4 Å². The number of rotatable bonds is 6. The standard InChI is InChI=1S/C21H21NO3S/c23-21(24)10-6-14-5-8-19(25-17-3-1-2-4-17)18(11-14)15-7-9-20-16(12-15)13-22-26-20/h5,7-9,11-13,17H,1-4,6,10H2,(H,23,24). The normalized spacial score (nSPS) is 14.8. The van der Waals surface area contributed by atoms with Gasteiger partial charge in [0, 0.05) is 23.6 Å². The molecule has 3 aromatic rings. The van der Waals surface area contributed by atoms with Crippen molar-refractivity contribution in [1.82, 2.24) is 4.37 Å². The molecule has 2 aromatic carbocycles. The second-order valence-corrected chi connectivity index (χ2v) is 7.66. The SMILES string of the molecule is O=C(O)CCc1ccc(OC2CCCC2)c(-c2ccc3sncc3c2)c1. The zero-order valence-electron chi connectivity index (χ0n) is 14.5. The van der Waals surface area contributed by atoms with Gasteiger partial charge in [-0.25, -0.2) is 0 Å². The summed E-state index contributed by atoms with van der Waals surface area (Å²) in [6, 6.07) is 12.4. The lowest BCUT2D eigenvalue weighted by molar-refractivity contribution is -0.136. The summed E-state index contributed by atoms with van der Waals surface area (Å²) in [5.41, 5.74) is 3.14. The molecule has 1 heterocycles. The van der Waals surface area contributed by atoms with E-state index in [4.69, 9.17) is 9.84 Å². The number of benzene rings is 2. The van der Waals surface area contributed by atoms with Crippen molar-refractivity contribution >= 4 is 27.6 Å². The van der Waals surface area contributed by atoms with Crippen LogP contribution in [0.1, 0.15) is 37.7 Å². The van der Waals surface area contributed by atoms with Crippen molar-refractivity contribution in [2.75, 3.05) is 0 Å². The lowest BCUT2D eigenvalue weighted by atomic mass is 9.99. The lowest BCUT2D eigenvalue weighted by Crippen LogP contribution is -2.11. The van der Waals surface area contributed by atoms with Crippen LogP contribution >= 0.6 is 11.5 Å². The van der Waals surface area contributed by atoms with Crippen LogP contribution in [-0.4, -0.2) is 21.6 Å². The highest BCUT2D eigenvalue weighted by Crippen LogP contribution is 2.36. The Bertz CT molecular complexity index is 928. The van der Waals surface area contributed by atoms with E-state index in [0.29, 0.717) is 6.42 Å². The Labute approximate surface area is 156 Å². The first-order valence-electron chi connectivity index (χ1n) is 9.05. The van der Waals surface area contributed by atoms with Crippen molar-refractivity contribution in [2.24, 2.45) is 0 Å². The molecule has 134 valence electrons. The molecule has 0 bridgehead atoms. The van der Waals surface area contributed by atoms with Crippen molar-refractivity contribution in [3.8, 4) is 16.9 Å². The Morgan fingerprint density at radius 3 is 2.85 bits per heavy atom. The van der Waals surface area contributed by atoms with Gasteiger partial charge in [-0.1, -0.05) is 12.1 Å². The molecule has 1 aliphatic rings. The number of fused-ring (bicyclic) bond motifs is 1. The van der Waals surface area contributed by atoms with Gasteiger partial charge in [0.15, 0.2) is 0 Å². The van der Waals surface area contributed by atoms with E-state index in [1.807, 2.05) is 18.3 Å². The smallest absolute Gasteiger partial charge is 0.303 e. The molecule has 4 nitrogen and oxygen atoms in total. The van der Waals surface area contributed by atoms with Gasteiger partial charge in [0.1, 0.15) is 5.75 Å². The molecule has 1 N–H and O–H groups in total. The first-order valence-corrected chi connectivity index (χ1v) is 9.82. The van der Waals surface area contributed by atoms with Crippen LogP contribution in [0.15, 0.2) is 42.6 Å². The first kappa shape index (κ1) is 17.0. The molecule has 0 amide bonds. The van der Waals surface area contributed by atoms with Crippen LogP contribution in [0.4, 0.5) is 0 Å². The third-order valence-corrected chi connectivity index (χ3v) is 5.71. The Balaban J connectivity index is 1.71.